The molecule has 1 aliphatic heterocycles. The zero-order valence-electron chi connectivity index (χ0n) is 15.7. The SMILES string of the molecule is CCOc1ccc2c(c1)C(C)=CC(C)(C)N2C(=O)CSc1ccccn1. The second kappa shape index (κ2) is 7.54. The zero-order valence-corrected chi connectivity index (χ0v) is 16.5. The van der Waals surface area contributed by atoms with Crippen molar-refractivity contribution in [3.63, 3.8) is 0 Å². The number of thioether (sulfide) groups is 1. The van der Waals surface area contributed by atoms with Crippen LogP contribution < -0.4 is 9.64 Å². The molecule has 2 heterocycles. The van der Waals surface area contributed by atoms with Crippen LogP contribution in [0.4, 0.5) is 5.69 Å². The molecule has 0 aliphatic carbocycles. The number of carbonyl (C=O) groups excluding carboxylic acids is 1. The Balaban J connectivity index is 1.89. The summed E-state index contributed by atoms with van der Waals surface area (Å²) in [6, 6.07) is 11.7. The summed E-state index contributed by atoms with van der Waals surface area (Å²) in [7, 11) is 0. The van der Waals surface area contributed by atoms with Gasteiger partial charge in [-0.2, -0.15) is 0 Å². The summed E-state index contributed by atoms with van der Waals surface area (Å²) < 4.78 is 5.63. The van der Waals surface area contributed by atoms with E-state index < -0.39 is 0 Å². The van der Waals surface area contributed by atoms with Crippen LogP contribution in [-0.2, 0) is 4.79 Å². The molecular weight excluding hydrogens is 344 g/mol. The number of nitrogens with zero attached hydrogens (tertiary/aromatic N) is 2. The number of benzene rings is 1. The standard InChI is InChI=1S/C21H24N2O2S/c1-5-25-16-9-10-18-17(12-16)15(2)13-21(3,4)23(18)20(24)14-26-19-8-6-7-11-22-19/h6-13H,5,14H2,1-4H3. The minimum Gasteiger partial charge on any atom is -0.494 e. The van der Waals surface area contributed by atoms with E-state index in [-0.39, 0.29) is 11.4 Å². The first-order chi connectivity index (χ1) is 12.4. The van der Waals surface area contributed by atoms with Crippen molar-refractivity contribution in [2.75, 3.05) is 17.3 Å². The molecule has 0 atom stereocenters. The number of allylic oxidation sites excluding steroid dienone is 1. The molecule has 0 fully saturated rings. The first kappa shape index (κ1) is 18.5. The number of fused-ring (bicyclic) bond motifs is 1. The molecule has 4 nitrogen and oxygen atoms in total. The molecule has 0 bridgehead atoms. The number of carbonyl (C=O) groups is 1. The van der Waals surface area contributed by atoms with Crippen LogP contribution in [0, 0.1) is 0 Å². The fraction of sp³-hybridized carbons (Fsp3) is 0.333. The summed E-state index contributed by atoms with van der Waals surface area (Å²) in [5.74, 6) is 1.24. The van der Waals surface area contributed by atoms with E-state index in [9.17, 15) is 4.79 Å². The molecule has 5 heteroatoms. The molecule has 1 aliphatic rings. The number of rotatable bonds is 5. The number of ether oxygens (including phenoxy) is 1. The average molecular weight is 369 g/mol. The maximum absolute atomic E-state index is 13.1. The summed E-state index contributed by atoms with van der Waals surface area (Å²) in [5, 5.41) is 0.856. The van der Waals surface area contributed by atoms with Crippen LogP contribution >= 0.6 is 11.8 Å². The summed E-state index contributed by atoms with van der Waals surface area (Å²) in [5.41, 5.74) is 2.76. The third-order valence-corrected chi connectivity index (χ3v) is 5.25. The molecule has 0 saturated heterocycles. The lowest BCUT2D eigenvalue weighted by Gasteiger charge is -2.41. The molecule has 1 aromatic carbocycles. The number of amides is 1. The fourth-order valence-electron chi connectivity index (χ4n) is 3.35. The highest BCUT2D eigenvalue weighted by Gasteiger charge is 2.35. The summed E-state index contributed by atoms with van der Waals surface area (Å²) >= 11 is 1.46. The van der Waals surface area contributed by atoms with Crippen LogP contribution in [0.1, 0.15) is 33.3 Å². The monoisotopic (exact) mass is 368 g/mol. The van der Waals surface area contributed by atoms with Gasteiger partial charge in [0.05, 0.1) is 28.6 Å². The minimum absolute atomic E-state index is 0.0693. The van der Waals surface area contributed by atoms with Gasteiger partial charge in [0.2, 0.25) is 5.91 Å². The molecule has 0 radical (unpaired) electrons. The molecule has 0 unspecified atom stereocenters. The fourth-order valence-corrected chi connectivity index (χ4v) is 4.06. The lowest BCUT2D eigenvalue weighted by molar-refractivity contribution is -0.116. The summed E-state index contributed by atoms with van der Waals surface area (Å²) in [6.45, 7) is 8.81. The topological polar surface area (TPSA) is 42.4 Å². The number of hydrogen-bond donors (Lipinski definition) is 0. The molecule has 3 rings (SSSR count). The van der Waals surface area contributed by atoms with Gasteiger partial charge in [0, 0.05) is 11.8 Å². The molecule has 136 valence electrons. The van der Waals surface area contributed by atoms with Gasteiger partial charge in [-0.3, -0.25) is 4.79 Å². The van der Waals surface area contributed by atoms with E-state index in [1.54, 1.807) is 6.20 Å². The summed E-state index contributed by atoms with van der Waals surface area (Å²) in [4.78, 5) is 19.3. The van der Waals surface area contributed by atoms with Crippen LogP contribution in [0.15, 0.2) is 53.7 Å². The van der Waals surface area contributed by atoms with Gasteiger partial charge < -0.3 is 9.64 Å². The largest absolute Gasteiger partial charge is 0.494 e. The van der Waals surface area contributed by atoms with Crippen LogP contribution in [-0.4, -0.2) is 28.8 Å². The van der Waals surface area contributed by atoms with Crippen molar-refractivity contribution in [3.8, 4) is 5.75 Å². The molecule has 26 heavy (non-hydrogen) atoms. The highest BCUT2D eigenvalue weighted by atomic mass is 32.2. The van der Waals surface area contributed by atoms with Crippen molar-refractivity contribution in [1.82, 2.24) is 4.98 Å². The van der Waals surface area contributed by atoms with E-state index >= 15 is 0 Å². The van der Waals surface area contributed by atoms with Gasteiger partial charge in [-0.1, -0.05) is 23.9 Å². The van der Waals surface area contributed by atoms with E-state index in [0.29, 0.717) is 12.4 Å². The summed E-state index contributed by atoms with van der Waals surface area (Å²) in [6.07, 6.45) is 3.89. The number of pyridine rings is 1. The van der Waals surface area contributed by atoms with Gasteiger partial charge in [0.25, 0.3) is 0 Å². The Hall–Kier alpha value is -2.27. The van der Waals surface area contributed by atoms with Gasteiger partial charge in [-0.15, -0.1) is 0 Å². The van der Waals surface area contributed by atoms with Crippen LogP contribution in [0.3, 0.4) is 0 Å². The van der Waals surface area contributed by atoms with Crippen molar-refractivity contribution < 1.29 is 9.53 Å². The van der Waals surface area contributed by atoms with E-state index in [1.807, 2.05) is 48.2 Å². The van der Waals surface area contributed by atoms with E-state index in [0.717, 1.165) is 27.6 Å². The van der Waals surface area contributed by atoms with Gasteiger partial charge in [0.1, 0.15) is 5.75 Å². The number of hydrogen-bond acceptors (Lipinski definition) is 4. The minimum atomic E-state index is -0.383. The normalized spacial score (nSPS) is 15.2. The van der Waals surface area contributed by atoms with Crippen LogP contribution in [0.2, 0.25) is 0 Å². The predicted molar refractivity (Wildman–Crippen MR) is 108 cm³/mol. The molecular formula is C21H24N2O2S. The Morgan fingerprint density at radius 2 is 2.08 bits per heavy atom. The van der Waals surface area contributed by atoms with Crippen LogP contribution in [0.5, 0.6) is 5.75 Å². The Morgan fingerprint density at radius 3 is 2.77 bits per heavy atom. The third kappa shape index (κ3) is 3.78. The molecule has 0 saturated carbocycles. The Labute approximate surface area is 159 Å². The molecule has 2 aromatic rings. The Kier molecular flexibility index (Phi) is 5.37. The van der Waals surface area contributed by atoms with Crippen molar-refractivity contribution in [2.45, 2.75) is 38.3 Å². The Bertz CT molecular complexity index is 831. The molecule has 1 aromatic heterocycles. The van der Waals surface area contributed by atoms with Crippen molar-refractivity contribution in [3.05, 3.63) is 54.2 Å². The lowest BCUT2D eigenvalue weighted by Crippen LogP contribution is -2.49. The average Bonchev–Trinajstić information content (AvgIpc) is 2.61. The van der Waals surface area contributed by atoms with Crippen molar-refractivity contribution in [1.29, 1.82) is 0 Å². The molecule has 0 N–H and O–H groups in total. The maximum atomic E-state index is 13.1. The molecule has 0 spiro atoms. The smallest absolute Gasteiger partial charge is 0.238 e. The molecule has 1 amide bonds. The predicted octanol–water partition coefficient (Wildman–Crippen LogP) is 4.80. The van der Waals surface area contributed by atoms with E-state index in [4.69, 9.17) is 4.74 Å². The van der Waals surface area contributed by atoms with Crippen LogP contribution in [0.25, 0.3) is 5.57 Å². The highest BCUT2D eigenvalue weighted by Crippen LogP contribution is 2.41. The van der Waals surface area contributed by atoms with Gasteiger partial charge >= 0.3 is 0 Å². The van der Waals surface area contributed by atoms with E-state index in [1.165, 1.54) is 11.8 Å². The van der Waals surface area contributed by atoms with Gasteiger partial charge in [-0.25, -0.2) is 4.98 Å². The first-order valence-electron chi connectivity index (χ1n) is 8.76. The van der Waals surface area contributed by atoms with E-state index in [2.05, 4.69) is 31.8 Å². The third-order valence-electron chi connectivity index (χ3n) is 4.32. The van der Waals surface area contributed by atoms with Crippen molar-refractivity contribution >= 4 is 28.9 Å². The first-order valence-corrected chi connectivity index (χ1v) is 9.74. The highest BCUT2D eigenvalue weighted by molar-refractivity contribution is 7.99. The Morgan fingerprint density at radius 1 is 1.27 bits per heavy atom. The quantitative estimate of drug-likeness (QED) is 0.711. The lowest BCUT2D eigenvalue weighted by atomic mass is 9.88. The second-order valence-corrected chi connectivity index (χ2v) is 7.77. The van der Waals surface area contributed by atoms with Gasteiger partial charge in [0.15, 0.2) is 0 Å². The zero-order chi connectivity index (χ0) is 18.7. The second-order valence-electron chi connectivity index (χ2n) is 6.78. The maximum Gasteiger partial charge on any atom is 0.238 e. The number of aromatic nitrogens is 1. The van der Waals surface area contributed by atoms with Gasteiger partial charge in [-0.05, 0) is 63.6 Å². The number of anilines is 1. The van der Waals surface area contributed by atoms with Crippen molar-refractivity contribution in [2.24, 2.45) is 0 Å².